The van der Waals surface area contributed by atoms with Gasteiger partial charge in [-0.15, -0.1) is 11.3 Å². The van der Waals surface area contributed by atoms with Gasteiger partial charge in [0.1, 0.15) is 0 Å². The van der Waals surface area contributed by atoms with Crippen molar-refractivity contribution in [2.75, 3.05) is 18.5 Å². The van der Waals surface area contributed by atoms with E-state index in [1.54, 1.807) is 0 Å². The van der Waals surface area contributed by atoms with Gasteiger partial charge < -0.3 is 24.2 Å². The number of imidazole rings is 1. The maximum Gasteiger partial charge on any atom is 3.00 e. The molecule has 1 atom stereocenters. The number of para-hydroxylation sites is 1. The number of hydrogen-bond acceptors (Lipinski definition) is 4. The Morgan fingerprint density at radius 1 is 0.795 bits per heavy atom. The van der Waals surface area contributed by atoms with Gasteiger partial charge in [0.05, 0.1) is 0 Å². The van der Waals surface area contributed by atoms with Gasteiger partial charge >= 0.3 is 20.1 Å². The Bertz CT molecular complexity index is 2310. The van der Waals surface area contributed by atoms with Crippen LogP contribution in [0.25, 0.3) is 60.0 Å². The van der Waals surface area contributed by atoms with Crippen LogP contribution in [-0.4, -0.2) is 32.9 Å². The van der Waals surface area contributed by atoms with Gasteiger partial charge in [0, 0.05) is 17.8 Å². The molecule has 5 nitrogen and oxygen atoms in total. The molecule has 10 rings (SSSR count). The molecule has 8 aromatic rings. The van der Waals surface area contributed by atoms with Gasteiger partial charge in [-0.1, -0.05) is 78.5 Å². The summed E-state index contributed by atoms with van der Waals surface area (Å²) in [6.45, 7) is 3.23. The van der Waals surface area contributed by atoms with Gasteiger partial charge in [0.25, 0.3) is 0 Å². The van der Waals surface area contributed by atoms with E-state index in [4.69, 9.17) is 0 Å². The van der Waals surface area contributed by atoms with E-state index in [2.05, 4.69) is 141 Å². The summed E-state index contributed by atoms with van der Waals surface area (Å²) in [5.41, 5.74) is 8.25. The molecule has 0 amide bonds. The number of fused-ring (bicyclic) bond motifs is 15. The van der Waals surface area contributed by atoms with Crippen LogP contribution in [0, 0.1) is 18.9 Å². The molecule has 1 unspecified atom stereocenters. The number of rotatable bonds is 0. The van der Waals surface area contributed by atoms with Crippen LogP contribution in [0.4, 0.5) is 5.69 Å². The molecule has 1 saturated heterocycles. The molecule has 6 heteroatoms. The van der Waals surface area contributed by atoms with Gasteiger partial charge in [0.2, 0.25) is 0 Å². The minimum Gasteiger partial charge on any atom is -0.521 e. The van der Waals surface area contributed by atoms with Crippen molar-refractivity contribution >= 4 is 54.6 Å². The van der Waals surface area contributed by atoms with E-state index in [0.717, 1.165) is 28.5 Å². The summed E-state index contributed by atoms with van der Waals surface area (Å²) in [5, 5.41) is 7.34. The van der Waals surface area contributed by atoms with E-state index < -0.39 is 0 Å². The van der Waals surface area contributed by atoms with Crippen molar-refractivity contribution in [3.63, 3.8) is 0 Å². The van der Waals surface area contributed by atoms with Crippen molar-refractivity contribution in [1.82, 2.24) is 19.3 Å². The van der Waals surface area contributed by atoms with E-state index in [1.165, 1.54) is 49.3 Å². The summed E-state index contributed by atoms with van der Waals surface area (Å²) >= 11 is 0. The third-order valence-electron chi connectivity index (χ3n) is 8.85. The van der Waals surface area contributed by atoms with Crippen molar-refractivity contribution in [3.8, 4) is 11.1 Å². The quantitative estimate of drug-likeness (QED) is 0.0892. The van der Waals surface area contributed by atoms with Crippen molar-refractivity contribution < 1.29 is 20.1 Å². The third-order valence-corrected chi connectivity index (χ3v) is 8.85. The molecule has 1 fully saturated rings. The molecular formula is C38H26IrN5. The van der Waals surface area contributed by atoms with Crippen LogP contribution >= 0.6 is 0 Å². The van der Waals surface area contributed by atoms with Crippen molar-refractivity contribution in [2.45, 2.75) is 6.04 Å². The van der Waals surface area contributed by atoms with Crippen LogP contribution in [0.15, 0.2) is 116 Å². The van der Waals surface area contributed by atoms with E-state index in [-0.39, 0.29) is 20.1 Å². The van der Waals surface area contributed by atoms with Crippen LogP contribution in [0.1, 0.15) is 11.6 Å². The second kappa shape index (κ2) is 10.5. The molecule has 5 aromatic carbocycles. The topological polar surface area (TPSA) is 36.7 Å². The monoisotopic (exact) mass is 745 g/mol. The summed E-state index contributed by atoms with van der Waals surface area (Å²) in [4.78, 5) is 13.4. The molecule has 3 aromatic heterocycles. The zero-order valence-corrected chi connectivity index (χ0v) is 26.3. The van der Waals surface area contributed by atoms with E-state index >= 15 is 0 Å². The normalized spacial score (nSPS) is 15.6. The third kappa shape index (κ3) is 4.06. The number of likely N-dealkylation sites (N-methyl/N-ethyl adjacent to an activating group) is 1. The Labute approximate surface area is 268 Å². The minimum atomic E-state index is 0. The SMILES string of the molecule is CN1[CH-]N2c3[c-]cccc3-c3ccccc3C2C1.[Ir+3].[c-]1ncn2c1c1ncccc1c1cc3c(ccc4ccccc43)cc12. The first-order chi connectivity index (χ1) is 21.2. The summed E-state index contributed by atoms with van der Waals surface area (Å²) in [5.74, 6) is 0. The van der Waals surface area contributed by atoms with Crippen LogP contribution < -0.4 is 4.90 Å². The predicted molar refractivity (Wildman–Crippen MR) is 175 cm³/mol. The molecule has 2 aliphatic heterocycles. The molecule has 0 saturated carbocycles. The summed E-state index contributed by atoms with van der Waals surface area (Å²) in [7, 11) is 2.13. The minimum absolute atomic E-state index is 0. The summed E-state index contributed by atoms with van der Waals surface area (Å²) in [6.07, 6.45) is 6.73. The van der Waals surface area contributed by atoms with Crippen LogP contribution in [-0.2, 0) is 20.1 Å². The number of nitrogens with zero attached hydrogens (tertiary/aromatic N) is 5. The van der Waals surface area contributed by atoms with Crippen LogP contribution in [0.2, 0.25) is 0 Å². The summed E-state index contributed by atoms with van der Waals surface area (Å²) < 4.78 is 2.08. The van der Waals surface area contributed by atoms with Crippen LogP contribution in [0.5, 0.6) is 0 Å². The fraction of sp³-hybridized carbons (Fsp3) is 0.0789. The molecule has 2 aliphatic rings. The average molecular weight is 745 g/mol. The number of benzene rings is 5. The predicted octanol–water partition coefficient (Wildman–Crippen LogP) is 8.22. The first kappa shape index (κ1) is 27.0. The smallest absolute Gasteiger partial charge is 0.521 e. The largest absolute Gasteiger partial charge is 3.00 e. The summed E-state index contributed by atoms with van der Waals surface area (Å²) in [6, 6.07) is 40.3. The van der Waals surface area contributed by atoms with Crippen LogP contribution in [0.3, 0.4) is 0 Å². The Kier molecular flexibility index (Phi) is 6.46. The second-order valence-corrected chi connectivity index (χ2v) is 11.3. The fourth-order valence-corrected chi connectivity index (χ4v) is 6.93. The van der Waals surface area contributed by atoms with Crippen molar-refractivity contribution in [2.24, 2.45) is 0 Å². The van der Waals surface area contributed by atoms with Crippen molar-refractivity contribution in [3.05, 3.63) is 140 Å². The maximum atomic E-state index is 4.58. The molecule has 0 spiro atoms. The van der Waals surface area contributed by atoms with E-state index in [9.17, 15) is 0 Å². The molecule has 0 aliphatic carbocycles. The zero-order valence-electron chi connectivity index (χ0n) is 23.9. The van der Waals surface area contributed by atoms with Crippen molar-refractivity contribution in [1.29, 1.82) is 0 Å². The standard InChI is InChI=1S/C22H12N3.C16H14N2.Ir/c1-2-5-16-14(4-1)7-8-15-10-20-19(11-18(15)16)17-6-3-9-24-22(17)21-12-23-13-25(20)21;1-17-10-16-14-8-3-2-6-12(14)13-7-4-5-9-15(13)18(16)11-17;/h1-11,13H;2-8,11,16H,10H2,1H3;/q-1;-2;+3. The second-order valence-electron chi connectivity index (χ2n) is 11.3. The Hall–Kier alpha value is -4.61. The van der Waals surface area contributed by atoms with Gasteiger partial charge in [-0.05, 0) is 87.0 Å². The van der Waals surface area contributed by atoms with Gasteiger partial charge in [-0.2, -0.15) is 30.9 Å². The molecule has 0 radical (unpaired) electrons. The van der Waals surface area contributed by atoms with E-state index in [1.807, 2.05) is 24.7 Å². The maximum absolute atomic E-state index is 4.58. The number of hydrogen-bond donors (Lipinski definition) is 0. The Morgan fingerprint density at radius 2 is 1.61 bits per heavy atom. The number of pyridine rings is 2. The number of aromatic nitrogens is 3. The molecule has 5 heterocycles. The van der Waals surface area contributed by atoms with E-state index in [0.29, 0.717) is 6.04 Å². The fourth-order valence-electron chi connectivity index (χ4n) is 6.93. The molecular weight excluding hydrogens is 719 g/mol. The zero-order chi connectivity index (χ0) is 28.5. The van der Waals surface area contributed by atoms with Gasteiger partial charge in [-0.25, -0.2) is 0 Å². The Balaban J connectivity index is 0.000000135. The Morgan fingerprint density at radius 3 is 2.57 bits per heavy atom. The van der Waals surface area contributed by atoms with Gasteiger partial charge in [-0.3, -0.25) is 0 Å². The molecule has 0 N–H and O–H groups in total. The van der Waals surface area contributed by atoms with Gasteiger partial charge in [0.15, 0.2) is 0 Å². The number of anilines is 1. The average Bonchev–Trinajstić information content (AvgIpc) is 3.72. The molecule has 0 bridgehead atoms. The molecule has 44 heavy (non-hydrogen) atoms. The first-order valence-corrected chi connectivity index (χ1v) is 14.5. The molecule has 212 valence electrons. The first-order valence-electron chi connectivity index (χ1n) is 14.5.